The SMILES string of the molecule is CS(=O)(=O)c1ccc2nn(-c3cc(CCO)cc(/C=C\C(=O)c4ccccc4)c3O)nc2c1. The maximum absolute atomic E-state index is 12.4. The van der Waals surface area contributed by atoms with Crippen molar-refractivity contribution in [2.75, 3.05) is 12.9 Å². The van der Waals surface area contributed by atoms with E-state index in [9.17, 15) is 23.4 Å². The molecule has 0 saturated carbocycles. The van der Waals surface area contributed by atoms with Gasteiger partial charge in [0.05, 0.1) is 4.90 Å². The number of hydrogen-bond acceptors (Lipinski definition) is 7. The summed E-state index contributed by atoms with van der Waals surface area (Å²) in [5.74, 6) is -0.377. The molecule has 2 N–H and O–H groups in total. The van der Waals surface area contributed by atoms with Crippen LogP contribution in [0.25, 0.3) is 22.8 Å². The van der Waals surface area contributed by atoms with Crippen LogP contribution in [0.15, 0.2) is 71.6 Å². The Hall–Kier alpha value is -3.82. The first kappa shape index (κ1) is 22.4. The molecule has 0 aliphatic carbocycles. The highest BCUT2D eigenvalue weighted by Gasteiger charge is 2.16. The molecule has 0 aliphatic heterocycles. The smallest absolute Gasteiger partial charge is 0.185 e. The summed E-state index contributed by atoms with van der Waals surface area (Å²) in [6.45, 7) is -0.109. The number of benzene rings is 3. The van der Waals surface area contributed by atoms with E-state index in [2.05, 4.69) is 10.2 Å². The maximum atomic E-state index is 12.4. The molecule has 0 amide bonds. The lowest BCUT2D eigenvalue weighted by Crippen LogP contribution is -2.03. The third kappa shape index (κ3) is 4.84. The van der Waals surface area contributed by atoms with E-state index >= 15 is 0 Å². The number of phenolic OH excluding ortho intramolecular Hbond substituents is 1. The van der Waals surface area contributed by atoms with Gasteiger partial charge in [-0.3, -0.25) is 4.79 Å². The number of carbonyl (C=O) groups is 1. The van der Waals surface area contributed by atoms with E-state index in [0.29, 0.717) is 34.1 Å². The molecule has 8 nitrogen and oxygen atoms in total. The van der Waals surface area contributed by atoms with Crippen LogP contribution in [0.3, 0.4) is 0 Å². The number of hydrogen-bond donors (Lipinski definition) is 2. The molecule has 0 fully saturated rings. The third-order valence-electron chi connectivity index (χ3n) is 5.05. The highest BCUT2D eigenvalue weighted by atomic mass is 32.2. The molecule has 0 bridgehead atoms. The Balaban J connectivity index is 1.77. The summed E-state index contributed by atoms with van der Waals surface area (Å²) < 4.78 is 23.7. The van der Waals surface area contributed by atoms with Gasteiger partial charge in [-0.05, 0) is 54.5 Å². The van der Waals surface area contributed by atoms with Gasteiger partial charge in [0, 0.05) is 24.0 Å². The molecule has 33 heavy (non-hydrogen) atoms. The van der Waals surface area contributed by atoms with E-state index in [-0.39, 0.29) is 28.7 Å². The zero-order chi connectivity index (χ0) is 23.6. The van der Waals surface area contributed by atoms with Crippen LogP contribution >= 0.6 is 0 Å². The topological polar surface area (TPSA) is 122 Å². The fourth-order valence-electron chi connectivity index (χ4n) is 3.35. The van der Waals surface area contributed by atoms with Crippen molar-refractivity contribution in [2.45, 2.75) is 11.3 Å². The second-order valence-corrected chi connectivity index (χ2v) is 9.52. The number of ketones is 1. The summed E-state index contributed by atoms with van der Waals surface area (Å²) in [4.78, 5) is 13.8. The van der Waals surface area contributed by atoms with Crippen molar-refractivity contribution in [3.8, 4) is 11.4 Å². The van der Waals surface area contributed by atoms with Crippen LogP contribution in [-0.4, -0.2) is 52.3 Å². The number of aromatic hydroxyl groups is 1. The molecule has 0 saturated heterocycles. The lowest BCUT2D eigenvalue weighted by Gasteiger charge is -2.10. The van der Waals surface area contributed by atoms with Gasteiger partial charge in [0.2, 0.25) is 0 Å². The monoisotopic (exact) mass is 463 g/mol. The molecule has 1 aromatic heterocycles. The molecule has 0 unspecified atom stereocenters. The number of phenols is 1. The Kier molecular flexibility index (Phi) is 6.08. The second kappa shape index (κ2) is 8.97. The first-order chi connectivity index (χ1) is 15.8. The molecule has 0 aliphatic rings. The molecule has 4 rings (SSSR count). The lowest BCUT2D eigenvalue weighted by molar-refractivity contribution is 0.104. The average molecular weight is 464 g/mol. The van der Waals surface area contributed by atoms with Gasteiger partial charge in [0.15, 0.2) is 15.6 Å². The van der Waals surface area contributed by atoms with Crippen LogP contribution in [0, 0.1) is 0 Å². The van der Waals surface area contributed by atoms with Crippen molar-refractivity contribution >= 4 is 32.7 Å². The Labute approximate surface area is 190 Å². The molecule has 0 atom stereocenters. The van der Waals surface area contributed by atoms with E-state index < -0.39 is 9.84 Å². The molecule has 0 radical (unpaired) electrons. The van der Waals surface area contributed by atoms with Gasteiger partial charge in [-0.1, -0.05) is 30.3 Å². The first-order valence-corrected chi connectivity index (χ1v) is 12.0. The Bertz CT molecular complexity index is 1480. The third-order valence-corrected chi connectivity index (χ3v) is 6.16. The zero-order valence-corrected chi connectivity index (χ0v) is 18.5. The summed E-state index contributed by atoms with van der Waals surface area (Å²) in [6, 6.07) is 16.5. The van der Waals surface area contributed by atoms with Crippen molar-refractivity contribution in [2.24, 2.45) is 0 Å². The van der Waals surface area contributed by atoms with E-state index in [0.717, 1.165) is 6.26 Å². The van der Waals surface area contributed by atoms with Gasteiger partial charge in [-0.15, -0.1) is 15.0 Å². The van der Waals surface area contributed by atoms with Gasteiger partial charge >= 0.3 is 0 Å². The normalized spacial score (nSPS) is 11.9. The minimum atomic E-state index is -3.41. The summed E-state index contributed by atoms with van der Waals surface area (Å²) in [6.07, 6.45) is 4.29. The Morgan fingerprint density at radius 3 is 2.45 bits per heavy atom. The summed E-state index contributed by atoms with van der Waals surface area (Å²) in [5.41, 5.74) is 2.62. The number of sulfone groups is 1. The summed E-state index contributed by atoms with van der Waals surface area (Å²) in [5, 5.41) is 29.0. The van der Waals surface area contributed by atoms with Crippen LogP contribution in [0.5, 0.6) is 5.75 Å². The Morgan fingerprint density at radius 2 is 1.76 bits per heavy atom. The van der Waals surface area contributed by atoms with Crippen LogP contribution in [-0.2, 0) is 16.3 Å². The molecular formula is C24H21N3O5S. The number of allylic oxidation sites excluding steroid dienone is 1. The number of fused-ring (bicyclic) bond motifs is 1. The highest BCUT2D eigenvalue weighted by Crippen LogP contribution is 2.30. The molecule has 4 aromatic rings. The van der Waals surface area contributed by atoms with Gasteiger partial charge in [-0.25, -0.2) is 8.42 Å². The van der Waals surface area contributed by atoms with E-state index in [1.165, 1.54) is 29.1 Å². The number of rotatable bonds is 7. The van der Waals surface area contributed by atoms with Crippen LogP contribution < -0.4 is 0 Å². The van der Waals surface area contributed by atoms with Crippen molar-refractivity contribution in [1.29, 1.82) is 0 Å². The van der Waals surface area contributed by atoms with Crippen LogP contribution in [0.4, 0.5) is 0 Å². The number of carbonyl (C=O) groups excluding carboxylic acids is 1. The first-order valence-electron chi connectivity index (χ1n) is 10.1. The van der Waals surface area contributed by atoms with Gasteiger partial charge < -0.3 is 10.2 Å². The number of nitrogens with zero attached hydrogens (tertiary/aromatic N) is 3. The lowest BCUT2D eigenvalue weighted by atomic mass is 10.0. The number of aliphatic hydroxyl groups is 1. The fraction of sp³-hybridized carbons (Fsp3) is 0.125. The molecular weight excluding hydrogens is 442 g/mol. The van der Waals surface area contributed by atoms with Crippen molar-refractivity contribution in [3.05, 3.63) is 83.4 Å². The average Bonchev–Trinajstić information content (AvgIpc) is 3.22. The van der Waals surface area contributed by atoms with E-state index in [4.69, 9.17) is 0 Å². The second-order valence-electron chi connectivity index (χ2n) is 7.50. The summed E-state index contributed by atoms with van der Waals surface area (Å²) >= 11 is 0. The number of aromatic nitrogens is 3. The largest absolute Gasteiger partial charge is 0.505 e. The zero-order valence-electron chi connectivity index (χ0n) is 17.7. The fourth-order valence-corrected chi connectivity index (χ4v) is 3.99. The maximum Gasteiger partial charge on any atom is 0.185 e. The molecule has 0 spiro atoms. The van der Waals surface area contributed by atoms with Crippen molar-refractivity contribution in [3.63, 3.8) is 0 Å². The highest BCUT2D eigenvalue weighted by molar-refractivity contribution is 7.90. The van der Waals surface area contributed by atoms with Crippen molar-refractivity contribution in [1.82, 2.24) is 15.0 Å². The quantitative estimate of drug-likeness (QED) is 0.319. The molecule has 9 heteroatoms. The van der Waals surface area contributed by atoms with Crippen molar-refractivity contribution < 1.29 is 23.4 Å². The van der Waals surface area contributed by atoms with E-state index in [1.54, 1.807) is 42.5 Å². The number of aliphatic hydroxyl groups excluding tert-OH is 1. The van der Waals surface area contributed by atoms with Gasteiger partial charge in [0.1, 0.15) is 22.5 Å². The molecule has 168 valence electrons. The minimum absolute atomic E-state index is 0.109. The molecule has 3 aromatic carbocycles. The standard InChI is InChI=1S/C24H21N3O5S/c1-33(31,32)19-8-9-20-21(15-19)26-27(25-20)22-14-16(11-12-28)13-18(24(22)30)7-10-23(29)17-5-3-2-4-6-17/h2-10,13-15,28,30H,11-12H2,1H3/b10-7-. The molecule has 1 heterocycles. The van der Waals surface area contributed by atoms with Crippen LogP contribution in [0.1, 0.15) is 21.5 Å². The Morgan fingerprint density at radius 1 is 1.03 bits per heavy atom. The predicted molar refractivity (Wildman–Crippen MR) is 124 cm³/mol. The van der Waals surface area contributed by atoms with Gasteiger partial charge in [-0.2, -0.15) is 0 Å². The predicted octanol–water partition coefficient (Wildman–Crippen LogP) is 2.96. The minimum Gasteiger partial charge on any atom is -0.505 e. The van der Waals surface area contributed by atoms with E-state index in [1.807, 2.05) is 6.07 Å². The van der Waals surface area contributed by atoms with Crippen LogP contribution in [0.2, 0.25) is 0 Å². The summed E-state index contributed by atoms with van der Waals surface area (Å²) in [7, 11) is -3.41. The van der Waals surface area contributed by atoms with Gasteiger partial charge in [0.25, 0.3) is 0 Å².